The fourth-order valence-electron chi connectivity index (χ4n) is 2.03. The van der Waals surface area contributed by atoms with Crippen LogP contribution in [-0.4, -0.2) is 16.8 Å². The molecule has 0 aliphatic carbocycles. The molecule has 0 saturated heterocycles. The summed E-state index contributed by atoms with van der Waals surface area (Å²) in [7, 11) is 0. The maximum absolute atomic E-state index is 10.6. The molecule has 1 atom stereocenters. The zero-order valence-electron chi connectivity index (χ0n) is 10.9. The van der Waals surface area contributed by atoms with Crippen molar-refractivity contribution >= 4 is 10.8 Å². The third-order valence-electron chi connectivity index (χ3n) is 2.94. The SMILES string of the molecule is O=[N+]([O-])OCCC(O[N+](=O)[O-])c1ccc2ccccc2c1. The Morgan fingerprint density at radius 1 is 1.00 bits per heavy atom. The summed E-state index contributed by atoms with van der Waals surface area (Å²) in [5.41, 5.74) is 0.567. The summed E-state index contributed by atoms with van der Waals surface area (Å²) in [6, 6.07) is 12.8. The van der Waals surface area contributed by atoms with Gasteiger partial charge >= 0.3 is 0 Å². The molecule has 0 bridgehead atoms. The van der Waals surface area contributed by atoms with Crippen LogP contribution in [0.2, 0.25) is 0 Å². The van der Waals surface area contributed by atoms with E-state index in [2.05, 4.69) is 9.68 Å². The molecule has 8 nitrogen and oxygen atoms in total. The molecular formula is C13H12N2O6. The molecule has 0 aromatic heterocycles. The Bertz CT molecular complexity index is 660. The molecule has 0 heterocycles. The van der Waals surface area contributed by atoms with Crippen LogP contribution in [0.5, 0.6) is 0 Å². The minimum atomic E-state index is -0.941. The lowest BCUT2D eigenvalue weighted by atomic mass is 10.0. The number of fused-ring (bicyclic) bond motifs is 1. The zero-order valence-corrected chi connectivity index (χ0v) is 10.9. The quantitative estimate of drug-likeness (QED) is 0.574. The van der Waals surface area contributed by atoms with E-state index in [1.165, 1.54) is 0 Å². The summed E-state index contributed by atoms with van der Waals surface area (Å²) in [6.07, 6.45) is -0.912. The van der Waals surface area contributed by atoms with Crippen molar-refractivity contribution in [2.45, 2.75) is 12.5 Å². The molecule has 2 aromatic carbocycles. The number of hydrogen-bond donors (Lipinski definition) is 0. The van der Waals surface area contributed by atoms with Crippen molar-refractivity contribution in [3.05, 3.63) is 68.3 Å². The van der Waals surface area contributed by atoms with E-state index >= 15 is 0 Å². The normalized spacial score (nSPS) is 11.8. The summed E-state index contributed by atoms with van der Waals surface area (Å²) < 4.78 is 0. The molecule has 21 heavy (non-hydrogen) atoms. The van der Waals surface area contributed by atoms with Crippen molar-refractivity contribution in [2.75, 3.05) is 6.61 Å². The van der Waals surface area contributed by atoms with Gasteiger partial charge in [0, 0.05) is 6.42 Å². The smallest absolute Gasteiger partial charge is 0.295 e. The summed E-state index contributed by atoms with van der Waals surface area (Å²) in [5.74, 6) is 0. The van der Waals surface area contributed by atoms with Gasteiger partial charge in [-0.15, -0.1) is 20.2 Å². The van der Waals surface area contributed by atoms with Gasteiger partial charge in [-0.05, 0) is 22.4 Å². The van der Waals surface area contributed by atoms with E-state index in [0.717, 1.165) is 10.8 Å². The maximum Gasteiger partial charge on any atom is 0.295 e. The molecule has 0 fully saturated rings. The molecule has 110 valence electrons. The molecular weight excluding hydrogens is 280 g/mol. The predicted octanol–water partition coefficient (Wildman–Crippen LogP) is 2.69. The summed E-state index contributed by atoms with van der Waals surface area (Å²) in [5, 5.41) is 20.7. The average molecular weight is 292 g/mol. The van der Waals surface area contributed by atoms with Crippen LogP contribution in [0.4, 0.5) is 0 Å². The highest BCUT2D eigenvalue weighted by atomic mass is 17.0. The van der Waals surface area contributed by atoms with Crippen LogP contribution in [-0.2, 0) is 9.68 Å². The van der Waals surface area contributed by atoms with E-state index in [1.807, 2.05) is 30.3 Å². The Labute approximate surface area is 119 Å². The Hall–Kier alpha value is -2.90. The lowest BCUT2D eigenvalue weighted by molar-refractivity contribution is -0.776. The Balaban J connectivity index is 2.20. The maximum atomic E-state index is 10.6. The Kier molecular flexibility index (Phi) is 4.50. The summed E-state index contributed by atoms with van der Waals surface area (Å²) in [6.45, 7) is -0.279. The van der Waals surface area contributed by atoms with Gasteiger partial charge in [0.15, 0.2) is 0 Å². The second-order valence-corrected chi connectivity index (χ2v) is 4.27. The topological polar surface area (TPSA) is 105 Å². The first-order chi connectivity index (χ1) is 10.1. The fourth-order valence-corrected chi connectivity index (χ4v) is 2.03. The lowest BCUT2D eigenvalue weighted by Gasteiger charge is -2.15. The second kappa shape index (κ2) is 6.51. The first-order valence-electron chi connectivity index (χ1n) is 6.13. The minimum absolute atomic E-state index is 0.000298. The van der Waals surface area contributed by atoms with Crippen molar-refractivity contribution in [1.82, 2.24) is 0 Å². The highest BCUT2D eigenvalue weighted by molar-refractivity contribution is 5.83. The molecule has 0 radical (unpaired) electrons. The molecule has 0 aliphatic rings. The van der Waals surface area contributed by atoms with Gasteiger partial charge in [-0.25, -0.2) is 0 Å². The van der Waals surface area contributed by atoms with E-state index in [9.17, 15) is 20.2 Å². The molecule has 1 unspecified atom stereocenters. The van der Waals surface area contributed by atoms with Crippen LogP contribution < -0.4 is 0 Å². The molecule has 0 spiro atoms. The number of hydrogen-bond acceptors (Lipinski definition) is 6. The molecule has 0 aliphatic heterocycles. The summed E-state index contributed by atoms with van der Waals surface area (Å²) in [4.78, 5) is 29.4. The van der Waals surface area contributed by atoms with E-state index in [1.54, 1.807) is 12.1 Å². The van der Waals surface area contributed by atoms with Crippen LogP contribution in [0.1, 0.15) is 18.1 Å². The van der Waals surface area contributed by atoms with E-state index in [4.69, 9.17) is 0 Å². The standard InChI is InChI=1S/C13H12N2O6/c16-14(17)20-8-7-13(21-15(18)19)12-6-5-10-3-1-2-4-11(10)9-12/h1-6,9,13H,7-8H2. The lowest BCUT2D eigenvalue weighted by Crippen LogP contribution is -2.13. The van der Waals surface area contributed by atoms with Crippen molar-refractivity contribution in [3.63, 3.8) is 0 Å². The van der Waals surface area contributed by atoms with Gasteiger partial charge in [0.25, 0.3) is 10.2 Å². The molecule has 8 heteroatoms. The molecule has 2 rings (SSSR count). The van der Waals surface area contributed by atoms with Crippen molar-refractivity contribution in [2.24, 2.45) is 0 Å². The van der Waals surface area contributed by atoms with Gasteiger partial charge in [0.2, 0.25) is 0 Å². The monoisotopic (exact) mass is 292 g/mol. The zero-order chi connectivity index (χ0) is 15.2. The van der Waals surface area contributed by atoms with Gasteiger partial charge in [-0.3, -0.25) is 0 Å². The fraction of sp³-hybridized carbons (Fsp3) is 0.231. The predicted molar refractivity (Wildman–Crippen MR) is 72.3 cm³/mol. The highest BCUT2D eigenvalue weighted by Gasteiger charge is 2.17. The van der Waals surface area contributed by atoms with Gasteiger partial charge in [0.05, 0.1) is 6.61 Å². The third kappa shape index (κ3) is 4.03. The molecule has 2 aromatic rings. The van der Waals surface area contributed by atoms with Gasteiger partial charge in [-0.1, -0.05) is 36.4 Å². The first kappa shape index (κ1) is 14.5. The van der Waals surface area contributed by atoms with E-state index in [0.29, 0.717) is 5.56 Å². The van der Waals surface area contributed by atoms with Crippen molar-refractivity contribution in [3.8, 4) is 0 Å². The number of rotatable bonds is 7. The Morgan fingerprint density at radius 2 is 1.71 bits per heavy atom. The van der Waals surface area contributed by atoms with Crippen molar-refractivity contribution in [1.29, 1.82) is 0 Å². The van der Waals surface area contributed by atoms with Crippen molar-refractivity contribution < 1.29 is 19.8 Å². The van der Waals surface area contributed by atoms with Gasteiger partial charge < -0.3 is 9.68 Å². The van der Waals surface area contributed by atoms with E-state index < -0.39 is 16.3 Å². The van der Waals surface area contributed by atoms with E-state index in [-0.39, 0.29) is 13.0 Å². The van der Waals surface area contributed by atoms with Crippen LogP contribution >= 0.6 is 0 Å². The Morgan fingerprint density at radius 3 is 2.38 bits per heavy atom. The first-order valence-corrected chi connectivity index (χ1v) is 6.13. The largest absolute Gasteiger partial charge is 0.314 e. The molecule has 0 amide bonds. The van der Waals surface area contributed by atoms with Gasteiger partial charge in [-0.2, -0.15) is 0 Å². The van der Waals surface area contributed by atoms with Gasteiger partial charge in [0.1, 0.15) is 6.10 Å². The molecule has 0 saturated carbocycles. The van der Waals surface area contributed by atoms with Crippen LogP contribution in [0.3, 0.4) is 0 Å². The average Bonchev–Trinajstić information content (AvgIpc) is 2.45. The van der Waals surface area contributed by atoms with Crippen LogP contribution in [0, 0.1) is 20.2 Å². The number of benzene rings is 2. The minimum Gasteiger partial charge on any atom is -0.314 e. The van der Waals surface area contributed by atoms with Crippen LogP contribution in [0.25, 0.3) is 10.8 Å². The van der Waals surface area contributed by atoms with Crippen LogP contribution in [0.15, 0.2) is 42.5 Å². The highest BCUT2D eigenvalue weighted by Crippen LogP contribution is 2.25. The third-order valence-corrected chi connectivity index (χ3v) is 2.94. The second-order valence-electron chi connectivity index (χ2n) is 4.27. The molecule has 0 N–H and O–H groups in total. The summed E-state index contributed by atoms with van der Waals surface area (Å²) >= 11 is 0. The number of nitrogens with zero attached hydrogens (tertiary/aromatic N) is 2.